The van der Waals surface area contributed by atoms with Gasteiger partial charge >= 0.3 is 5.97 Å². The van der Waals surface area contributed by atoms with E-state index in [1.165, 1.54) is 7.11 Å². The van der Waals surface area contributed by atoms with Crippen molar-refractivity contribution in [2.45, 2.75) is 19.3 Å². The number of carbonyl (C=O) groups excluding carboxylic acids is 1. The van der Waals surface area contributed by atoms with Crippen molar-refractivity contribution in [1.29, 1.82) is 0 Å². The molecule has 1 N–H and O–H groups in total. The summed E-state index contributed by atoms with van der Waals surface area (Å²) >= 11 is 0. The van der Waals surface area contributed by atoms with Crippen LogP contribution < -0.4 is 0 Å². The van der Waals surface area contributed by atoms with Crippen molar-refractivity contribution in [3.8, 4) is 0 Å². The Morgan fingerprint density at radius 3 is 2.92 bits per heavy atom. The van der Waals surface area contributed by atoms with Gasteiger partial charge in [0, 0.05) is 6.61 Å². The Morgan fingerprint density at radius 2 is 2.42 bits per heavy atom. The number of methoxy groups -OCH3 is 1. The van der Waals surface area contributed by atoms with Gasteiger partial charge in [-0.1, -0.05) is 0 Å². The number of aliphatic hydroxyl groups excluding tert-OH is 1. The van der Waals surface area contributed by atoms with Crippen LogP contribution in [0, 0.1) is 17.3 Å². The topological polar surface area (TPSA) is 46.5 Å². The molecule has 2 unspecified atom stereocenters. The van der Waals surface area contributed by atoms with Crippen molar-refractivity contribution in [2.24, 2.45) is 17.3 Å². The van der Waals surface area contributed by atoms with Gasteiger partial charge in [0.25, 0.3) is 0 Å². The molecule has 0 aliphatic heterocycles. The monoisotopic (exact) mass is 170 g/mol. The van der Waals surface area contributed by atoms with Crippen LogP contribution in [0.2, 0.25) is 0 Å². The third-order valence-corrected chi connectivity index (χ3v) is 3.43. The van der Waals surface area contributed by atoms with Crippen LogP contribution in [0.5, 0.6) is 0 Å². The molecule has 68 valence electrons. The third-order valence-electron chi connectivity index (χ3n) is 3.43. The van der Waals surface area contributed by atoms with E-state index >= 15 is 0 Å². The van der Waals surface area contributed by atoms with Crippen molar-refractivity contribution in [2.75, 3.05) is 13.7 Å². The summed E-state index contributed by atoms with van der Waals surface area (Å²) in [6, 6.07) is 0. The van der Waals surface area contributed by atoms with Gasteiger partial charge in [-0.2, -0.15) is 0 Å². The van der Waals surface area contributed by atoms with E-state index in [-0.39, 0.29) is 23.9 Å². The first-order valence-electron chi connectivity index (χ1n) is 4.40. The maximum atomic E-state index is 11.1. The van der Waals surface area contributed by atoms with Gasteiger partial charge in [-0.15, -0.1) is 0 Å². The molecular formula is C9H14O3. The van der Waals surface area contributed by atoms with Crippen LogP contribution in [-0.2, 0) is 9.53 Å². The van der Waals surface area contributed by atoms with Gasteiger partial charge in [-0.3, -0.25) is 4.79 Å². The van der Waals surface area contributed by atoms with Gasteiger partial charge in [0.15, 0.2) is 0 Å². The molecule has 0 spiro atoms. The van der Waals surface area contributed by atoms with E-state index in [2.05, 4.69) is 4.74 Å². The molecule has 2 saturated carbocycles. The molecule has 2 rings (SSSR count). The third kappa shape index (κ3) is 0.959. The van der Waals surface area contributed by atoms with Crippen LogP contribution in [0.15, 0.2) is 0 Å². The van der Waals surface area contributed by atoms with Crippen molar-refractivity contribution < 1.29 is 14.6 Å². The van der Waals surface area contributed by atoms with E-state index in [1.807, 2.05) is 0 Å². The lowest BCUT2D eigenvalue weighted by Gasteiger charge is -2.11. The van der Waals surface area contributed by atoms with Gasteiger partial charge in [0.2, 0.25) is 0 Å². The molecule has 2 fully saturated rings. The highest BCUT2D eigenvalue weighted by molar-refractivity contribution is 5.73. The number of hydrogen-bond donors (Lipinski definition) is 1. The van der Waals surface area contributed by atoms with Crippen molar-refractivity contribution >= 4 is 5.97 Å². The molecule has 0 bridgehead atoms. The number of ether oxygens (including phenoxy) is 1. The fourth-order valence-electron chi connectivity index (χ4n) is 2.54. The van der Waals surface area contributed by atoms with Gasteiger partial charge in [-0.05, 0) is 30.6 Å². The quantitative estimate of drug-likeness (QED) is 0.616. The average molecular weight is 170 g/mol. The largest absolute Gasteiger partial charge is 0.469 e. The smallest absolute Gasteiger partial charge is 0.308 e. The summed E-state index contributed by atoms with van der Waals surface area (Å²) in [5.41, 5.74) is 0.110. The van der Waals surface area contributed by atoms with Crippen molar-refractivity contribution in [1.82, 2.24) is 0 Å². The zero-order valence-electron chi connectivity index (χ0n) is 7.25. The fourth-order valence-corrected chi connectivity index (χ4v) is 2.54. The molecule has 0 aromatic heterocycles. The minimum atomic E-state index is -0.102. The second-order valence-electron chi connectivity index (χ2n) is 4.08. The lowest BCUT2D eigenvalue weighted by atomic mass is 9.98. The standard InChI is InChI=1S/C9H14O3/c1-12-8(11)6-2-7-4-9(7,3-6)5-10/h6-7,10H,2-5H2,1H3/t6?,7?,9-/m0/s1. The van der Waals surface area contributed by atoms with Gasteiger partial charge in [0.05, 0.1) is 13.0 Å². The molecule has 12 heavy (non-hydrogen) atoms. The zero-order valence-corrected chi connectivity index (χ0v) is 7.25. The first-order chi connectivity index (χ1) is 5.72. The van der Waals surface area contributed by atoms with E-state index in [4.69, 9.17) is 5.11 Å². The number of hydrogen-bond acceptors (Lipinski definition) is 3. The fraction of sp³-hybridized carbons (Fsp3) is 0.889. The Labute approximate surface area is 71.7 Å². The van der Waals surface area contributed by atoms with E-state index in [9.17, 15) is 4.79 Å². The number of aliphatic hydroxyl groups is 1. The van der Waals surface area contributed by atoms with Crippen LogP contribution in [0.3, 0.4) is 0 Å². The normalized spacial score (nSPS) is 43.8. The maximum Gasteiger partial charge on any atom is 0.308 e. The summed E-state index contributed by atoms with van der Waals surface area (Å²) in [4.78, 5) is 11.1. The van der Waals surface area contributed by atoms with Crippen molar-refractivity contribution in [3.05, 3.63) is 0 Å². The highest BCUT2D eigenvalue weighted by atomic mass is 16.5. The Morgan fingerprint density at radius 1 is 1.67 bits per heavy atom. The number of rotatable bonds is 2. The highest BCUT2D eigenvalue weighted by Crippen LogP contribution is 2.65. The summed E-state index contributed by atoms with van der Waals surface area (Å²) in [6.45, 7) is 0.241. The lowest BCUT2D eigenvalue weighted by molar-refractivity contribution is -0.145. The SMILES string of the molecule is COC(=O)C1CC2C[C@]2(CO)C1. The van der Waals surface area contributed by atoms with Crippen LogP contribution in [0.4, 0.5) is 0 Å². The molecule has 0 radical (unpaired) electrons. The van der Waals surface area contributed by atoms with Gasteiger partial charge in [-0.25, -0.2) is 0 Å². The summed E-state index contributed by atoms with van der Waals surface area (Å²) in [5.74, 6) is 0.544. The maximum absolute atomic E-state index is 11.1. The Kier molecular flexibility index (Phi) is 1.65. The van der Waals surface area contributed by atoms with Crippen molar-refractivity contribution in [3.63, 3.8) is 0 Å². The molecule has 0 aromatic carbocycles. The summed E-state index contributed by atoms with van der Waals surface area (Å²) < 4.78 is 4.67. The molecule has 2 aliphatic carbocycles. The Bertz CT molecular complexity index is 210. The van der Waals surface area contributed by atoms with Gasteiger partial charge in [0.1, 0.15) is 0 Å². The van der Waals surface area contributed by atoms with Crippen LogP contribution >= 0.6 is 0 Å². The molecule has 2 aliphatic rings. The van der Waals surface area contributed by atoms with Gasteiger partial charge < -0.3 is 9.84 Å². The van der Waals surface area contributed by atoms with Crippen LogP contribution in [-0.4, -0.2) is 24.8 Å². The number of carbonyl (C=O) groups is 1. The Balaban J connectivity index is 1.97. The minimum absolute atomic E-state index is 0.0564. The summed E-state index contributed by atoms with van der Waals surface area (Å²) in [6.07, 6.45) is 2.87. The first kappa shape index (κ1) is 8.05. The molecule has 0 saturated heterocycles. The predicted molar refractivity (Wildman–Crippen MR) is 42.4 cm³/mol. The molecule has 0 aromatic rings. The summed E-state index contributed by atoms with van der Waals surface area (Å²) in [5, 5.41) is 9.09. The number of esters is 1. The van der Waals surface area contributed by atoms with Crippen LogP contribution in [0.1, 0.15) is 19.3 Å². The molecular weight excluding hydrogens is 156 g/mol. The lowest BCUT2D eigenvalue weighted by Crippen LogP contribution is -2.17. The molecule has 0 heterocycles. The van der Waals surface area contributed by atoms with E-state index in [0.717, 1.165) is 19.3 Å². The second-order valence-corrected chi connectivity index (χ2v) is 4.08. The van der Waals surface area contributed by atoms with E-state index in [1.54, 1.807) is 0 Å². The first-order valence-corrected chi connectivity index (χ1v) is 4.40. The molecule has 0 amide bonds. The van der Waals surface area contributed by atoms with E-state index < -0.39 is 0 Å². The van der Waals surface area contributed by atoms with E-state index in [0.29, 0.717) is 5.92 Å². The van der Waals surface area contributed by atoms with Crippen LogP contribution in [0.25, 0.3) is 0 Å². The highest BCUT2D eigenvalue weighted by Gasteiger charge is 2.61. The molecule has 3 nitrogen and oxygen atoms in total. The second kappa shape index (κ2) is 2.46. The Hall–Kier alpha value is -0.570. The average Bonchev–Trinajstić information content (AvgIpc) is 2.68. The minimum Gasteiger partial charge on any atom is -0.469 e. The zero-order chi connectivity index (χ0) is 8.77. The molecule has 3 heteroatoms. The molecule has 3 atom stereocenters. The summed E-state index contributed by atoms with van der Waals surface area (Å²) in [7, 11) is 1.43. The predicted octanol–water partition coefficient (Wildman–Crippen LogP) is 0.568. The number of fused-ring (bicyclic) bond motifs is 1.